The van der Waals surface area contributed by atoms with Gasteiger partial charge >= 0.3 is 0 Å². The van der Waals surface area contributed by atoms with Gasteiger partial charge in [-0.1, -0.05) is 43.2 Å². The SMILES string of the molecule is COc1ccc([C@H](C(=O)NC2CCCC2)N(Cc2ccc(F)cc2)C(=O)Cc2cccs2)cc1. The zero-order chi connectivity index (χ0) is 23.9. The van der Waals surface area contributed by atoms with Gasteiger partial charge in [-0.25, -0.2) is 4.39 Å². The molecule has 1 aliphatic rings. The van der Waals surface area contributed by atoms with Crippen molar-refractivity contribution in [3.05, 3.63) is 87.9 Å². The molecule has 0 bridgehead atoms. The lowest BCUT2D eigenvalue weighted by Crippen LogP contribution is -2.46. The number of rotatable bonds is 9. The van der Waals surface area contributed by atoms with E-state index in [2.05, 4.69) is 5.32 Å². The second-order valence-electron chi connectivity index (χ2n) is 8.57. The Bertz CT molecular complexity index is 1080. The molecular weight excluding hydrogens is 451 g/mol. The van der Waals surface area contributed by atoms with E-state index in [1.165, 1.54) is 23.5 Å². The quantitative estimate of drug-likeness (QED) is 0.454. The molecule has 3 aromatic rings. The molecule has 178 valence electrons. The Labute approximate surface area is 203 Å². The van der Waals surface area contributed by atoms with Gasteiger partial charge in [0.15, 0.2) is 0 Å². The zero-order valence-electron chi connectivity index (χ0n) is 19.2. The normalized spacial score (nSPS) is 14.5. The predicted octanol–water partition coefficient (Wildman–Crippen LogP) is 5.27. The summed E-state index contributed by atoms with van der Waals surface area (Å²) in [4.78, 5) is 29.8. The van der Waals surface area contributed by atoms with E-state index in [-0.39, 0.29) is 36.6 Å². The summed E-state index contributed by atoms with van der Waals surface area (Å²) < 4.78 is 18.8. The van der Waals surface area contributed by atoms with Crippen LogP contribution in [-0.2, 0) is 22.6 Å². The number of benzene rings is 2. The minimum absolute atomic E-state index is 0.119. The Hall–Kier alpha value is -3.19. The molecule has 0 radical (unpaired) electrons. The molecule has 1 atom stereocenters. The van der Waals surface area contributed by atoms with E-state index in [9.17, 15) is 14.0 Å². The molecule has 0 unspecified atom stereocenters. The highest BCUT2D eigenvalue weighted by Crippen LogP contribution is 2.28. The van der Waals surface area contributed by atoms with Gasteiger partial charge in [-0.2, -0.15) is 0 Å². The molecule has 1 heterocycles. The van der Waals surface area contributed by atoms with Crippen LogP contribution < -0.4 is 10.1 Å². The van der Waals surface area contributed by atoms with Crippen molar-refractivity contribution >= 4 is 23.2 Å². The summed E-state index contributed by atoms with van der Waals surface area (Å²) >= 11 is 1.51. The number of thiophene rings is 1. The van der Waals surface area contributed by atoms with Crippen LogP contribution in [0.25, 0.3) is 0 Å². The van der Waals surface area contributed by atoms with Crippen LogP contribution in [0.1, 0.15) is 47.7 Å². The van der Waals surface area contributed by atoms with Crippen LogP contribution in [0.15, 0.2) is 66.0 Å². The fraction of sp³-hybridized carbons (Fsp3) is 0.333. The first-order valence-corrected chi connectivity index (χ1v) is 12.4. The molecule has 5 nitrogen and oxygen atoms in total. The lowest BCUT2D eigenvalue weighted by molar-refractivity contribution is -0.141. The van der Waals surface area contributed by atoms with Crippen LogP contribution >= 0.6 is 11.3 Å². The fourth-order valence-corrected chi connectivity index (χ4v) is 5.08. The van der Waals surface area contributed by atoms with Crippen LogP contribution in [0.4, 0.5) is 4.39 Å². The van der Waals surface area contributed by atoms with Crippen molar-refractivity contribution in [1.29, 1.82) is 0 Å². The van der Waals surface area contributed by atoms with E-state index in [0.29, 0.717) is 11.3 Å². The minimum atomic E-state index is -0.816. The zero-order valence-corrected chi connectivity index (χ0v) is 20.0. The summed E-state index contributed by atoms with van der Waals surface area (Å²) in [6.07, 6.45) is 4.27. The summed E-state index contributed by atoms with van der Waals surface area (Å²) in [7, 11) is 1.59. The number of halogens is 1. The maximum Gasteiger partial charge on any atom is 0.247 e. The van der Waals surface area contributed by atoms with Gasteiger partial charge in [0.2, 0.25) is 11.8 Å². The third kappa shape index (κ3) is 6.03. The molecule has 7 heteroatoms. The van der Waals surface area contributed by atoms with Gasteiger partial charge in [-0.05, 0) is 59.7 Å². The fourth-order valence-electron chi connectivity index (χ4n) is 4.38. The van der Waals surface area contributed by atoms with Gasteiger partial charge < -0.3 is 15.0 Å². The molecule has 1 aromatic heterocycles. The summed E-state index contributed by atoms with van der Waals surface area (Å²) in [6.45, 7) is 0.194. The molecule has 1 saturated carbocycles. The molecule has 34 heavy (non-hydrogen) atoms. The Kier molecular flexibility index (Phi) is 7.95. The van der Waals surface area contributed by atoms with Crippen LogP contribution in [0, 0.1) is 5.82 Å². The third-order valence-corrected chi connectivity index (χ3v) is 7.06. The van der Waals surface area contributed by atoms with Crippen LogP contribution in [0.3, 0.4) is 0 Å². The van der Waals surface area contributed by atoms with Crippen LogP contribution in [0.5, 0.6) is 5.75 Å². The van der Waals surface area contributed by atoms with Gasteiger partial charge in [-0.15, -0.1) is 11.3 Å². The number of carbonyl (C=O) groups excluding carboxylic acids is 2. The Morgan fingerprint density at radius 2 is 1.79 bits per heavy atom. The van der Waals surface area contributed by atoms with Crippen molar-refractivity contribution in [2.24, 2.45) is 0 Å². The number of hydrogen-bond acceptors (Lipinski definition) is 4. The van der Waals surface area contributed by atoms with Gasteiger partial charge in [0, 0.05) is 17.5 Å². The molecule has 1 aliphatic carbocycles. The number of methoxy groups -OCH3 is 1. The summed E-state index contributed by atoms with van der Waals surface area (Å²) in [6, 6.07) is 16.4. The Morgan fingerprint density at radius 1 is 1.09 bits per heavy atom. The first kappa shape index (κ1) is 24.0. The van der Waals surface area contributed by atoms with Crippen molar-refractivity contribution in [2.75, 3.05) is 7.11 Å². The predicted molar refractivity (Wildman–Crippen MR) is 131 cm³/mol. The van der Waals surface area contributed by atoms with Crippen molar-refractivity contribution in [3.63, 3.8) is 0 Å². The molecule has 0 spiro atoms. The molecule has 0 saturated heterocycles. The van der Waals surface area contributed by atoms with E-state index in [0.717, 1.165) is 36.1 Å². The van der Waals surface area contributed by atoms with Crippen molar-refractivity contribution in [2.45, 2.75) is 50.7 Å². The number of nitrogens with zero attached hydrogens (tertiary/aromatic N) is 1. The van der Waals surface area contributed by atoms with Crippen LogP contribution in [0.2, 0.25) is 0 Å². The highest BCUT2D eigenvalue weighted by Gasteiger charge is 2.33. The van der Waals surface area contributed by atoms with E-state index in [1.807, 2.05) is 29.6 Å². The number of nitrogens with one attached hydrogen (secondary N) is 1. The Morgan fingerprint density at radius 3 is 2.41 bits per heavy atom. The molecular formula is C27H29FN2O3S. The lowest BCUT2D eigenvalue weighted by Gasteiger charge is -2.32. The molecule has 0 aliphatic heterocycles. The smallest absolute Gasteiger partial charge is 0.247 e. The maximum atomic E-state index is 13.7. The molecule has 1 N–H and O–H groups in total. The molecule has 1 fully saturated rings. The van der Waals surface area contributed by atoms with E-state index in [1.54, 1.807) is 36.3 Å². The highest BCUT2D eigenvalue weighted by molar-refractivity contribution is 7.10. The van der Waals surface area contributed by atoms with E-state index >= 15 is 0 Å². The van der Waals surface area contributed by atoms with Crippen LogP contribution in [-0.4, -0.2) is 29.9 Å². The number of amides is 2. The van der Waals surface area contributed by atoms with E-state index in [4.69, 9.17) is 4.74 Å². The maximum absolute atomic E-state index is 13.7. The monoisotopic (exact) mass is 480 g/mol. The first-order chi connectivity index (χ1) is 16.5. The number of hydrogen-bond donors (Lipinski definition) is 1. The van der Waals surface area contributed by atoms with Crippen molar-refractivity contribution < 1.29 is 18.7 Å². The summed E-state index contributed by atoms with van der Waals surface area (Å²) in [5, 5.41) is 5.10. The first-order valence-electron chi connectivity index (χ1n) is 11.5. The molecule has 2 amide bonds. The standard InChI is InChI=1S/C27H29FN2O3S/c1-33-23-14-10-20(11-15-23)26(27(32)29-22-5-2-3-6-22)30(18-19-8-12-21(28)13-9-19)25(31)17-24-7-4-16-34-24/h4,7-16,22,26H,2-3,5-6,17-18H2,1H3,(H,29,32)/t26-/m1/s1. The van der Waals surface area contributed by atoms with Crippen molar-refractivity contribution in [3.8, 4) is 5.75 Å². The van der Waals surface area contributed by atoms with Gasteiger partial charge in [-0.3, -0.25) is 9.59 Å². The largest absolute Gasteiger partial charge is 0.497 e. The second-order valence-corrected chi connectivity index (χ2v) is 9.60. The second kappa shape index (κ2) is 11.3. The topological polar surface area (TPSA) is 58.6 Å². The number of ether oxygens (including phenoxy) is 1. The average molecular weight is 481 g/mol. The van der Waals surface area contributed by atoms with Crippen molar-refractivity contribution in [1.82, 2.24) is 10.2 Å². The Balaban J connectivity index is 1.69. The molecule has 2 aromatic carbocycles. The number of carbonyl (C=O) groups is 2. The van der Waals surface area contributed by atoms with Gasteiger partial charge in [0.05, 0.1) is 13.5 Å². The molecule has 4 rings (SSSR count). The summed E-state index contributed by atoms with van der Waals surface area (Å²) in [5.41, 5.74) is 1.46. The third-order valence-electron chi connectivity index (χ3n) is 6.19. The average Bonchev–Trinajstić information content (AvgIpc) is 3.55. The van der Waals surface area contributed by atoms with Gasteiger partial charge in [0.1, 0.15) is 17.6 Å². The van der Waals surface area contributed by atoms with E-state index < -0.39 is 6.04 Å². The van der Waals surface area contributed by atoms with Gasteiger partial charge in [0.25, 0.3) is 0 Å². The lowest BCUT2D eigenvalue weighted by atomic mass is 10.0. The highest BCUT2D eigenvalue weighted by atomic mass is 32.1. The summed E-state index contributed by atoms with van der Waals surface area (Å²) in [5.74, 6) is -0.0209. The minimum Gasteiger partial charge on any atom is -0.497 e.